The summed E-state index contributed by atoms with van der Waals surface area (Å²) in [6, 6.07) is 37.7. The minimum Gasteiger partial charge on any atom is -0.512 e. The number of nitrogens with one attached hydrogen (secondary N) is 5. The highest BCUT2D eigenvalue weighted by Crippen LogP contribution is 2.37. The van der Waals surface area contributed by atoms with E-state index in [1.54, 1.807) is 80.0 Å². The second-order valence-corrected chi connectivity index (χ2v) is 39.6. The molecule has 14 aromatic rings. The molecule has 4 aliphatic rings. The summed E-state index contributed by atoms with van der Waals surface area (Å²) in [5.41, 5.74) is 16.7. The second-order valence-electron chi connectivity index (χ2n) is 30.4. The fourth-order valence-corrected chi connectivity index (χ4v) is 18.4. The van der Waals surface area contributed by atoms with Crippen molar-refractivity contribution in [3.8, 4) is 78.2 Å². The van der Waals surface area contributed by atoms with Crippen LogP contribution in [0.25, 0.3) is 66.6 Å². The summed E-state index contributed by atoms with van der Waals surface area (Å²) in [5, 5.41) is 94.5. The van der Waals surface area contributed by atoms with Crippen molar-refractivity contribution in [2.75, 3.05) is 65.0 Å². The van der Waals surface area contributed by atoms with Crippen LogP contribution in [0.4, 0.5) is 25.1 Å². The molecule has 0 spiro atoms. The van der Waals surface area contributed by atoms with Gasteiger partial charge in [0.15, 0.2) is 23.2 Å². The van der Waals surface area contributed by atoms with Gasteiger partial charge in [0.05, 0.1) is 135 Å². The third kappa shape index (κ3) is 34.0. The normalized spacial score (nSPS) is 12.7. The van der Waals surface area contributed by atoms with E-state index in [4.69, 9.17) is 20.7 Å². The van der Waals surface area contributed by atoms with E-state index in [2.05, 4.69) is 174 Å². The van der Waals surface area contributed by atoms with E-state index >= 15 is 0 Å². The van der Waals surface area contributed by atoms with Gasteiger partial charge in [0.25, 0.3) is 0 Å². The molecule has 0 saturated heterocycles. The van der Waals surface area contributed by atoms with E-state index < -0.39 is 11.9 Å². The van der Waals surface area contributed by atoms with Gasteiger partial charge in [0, 0.05) is 118 Å². The second kappa shape index (κ2) is 53.6. The van der Waals surface area contributed by atoms with Crippen molar-refractivity contribution in [3.05, 3.63) is 228 Å². The number of para-hydroxylation sites is 1. The number of hydrogen-bond donors (Lipinski definition) is 8. The van der Waals surface area contributed by atoms with Crippen molar-refractivity contribution in [1.29, 1.82) is 0 Å². The number of aromatic nitrogens is 21. The quantitative estimate of drug-likeness (QED) is 0.0148. The van der Waals surface area contributed by atoms with Crippen molar-refractivity contribution in [1.82, 2.24) is 106 Å². The summed E-state index contributed by atoms with van der Waals surface area (Å²) in [5.74, 6) is 7.43. The summed E-state index contributed by atoms with van der Waals surface area (Å²) in [6.07, 6.45) is 12.5. The number of carbonyl (C=O) groups excluding carboxylic acids is 5. The van der Waals surface area contributed by atoms with Crippen LogP contribution in [-0.4, -0.2) is 242 Å². The average Bonchev–Trinajstić information content (AvgIpc) is 1.65. The number of anilines is 2. The van der Waals surface area contributed by atoms with Crippen LogP contribution in [0, 0.1) is 0 Å². The molecular weight excluding hydrogens is 2010 g/mol. The zero-order chi connectivity index (χ0) is 102. The van der Waals surface area contributed by atoms with E-state index in [1.165, 1.54) is 133 Å². The first-order valence-corrected chi connectivity index (χ1v) is 51.4. The molecule has 143 heavy (non-hydrogen) atoms. The van der Waals surface area contributed by atoms with E-state index in [9.17, 15) is 37.1 Å². The number of aryl methyl sites for hydroxylation is 2. The number of Topliss-reactive ketones (excluding diaryl/α,β-unsaturated/α-hetero) is 5. The molecule has 2 aromatic carbocycles. The summed E-state index contributed by atoms with van der Waals surface area (Å²) >= 11 is 12.6. The van der Waals surface area contributed by atoms with Crippen LogP contribution in [-0.2, 0) is 43.6 Å². The molecule has 51 heteroatoms. The number of halogens is 3. The Morgan fingerprint density at radius 1 is 0.469 bits per heavy atom. The Labute approximate surface area is 854 Å². The standard InChI is InChI=1S/C16H14N4O2S.C15H13F3N4OS2.C15H14N4OS.C15H13N3OS2.C11H14N6OS.C11H14N4OS.C9H10N6OS/c1-11(21)10-23-16-18-15(19-20-16)12-7-8-14(17-9-12)22-13-5-3-2-4-6-13;1-8(23)7-24-14-5-9(19-20-14)11-3-4-12(25-11)10-6-13(15(16,17)18)21-22(10)2;1-10(20)9-21-14-7-13(17-18-14)12-8-16-19-15(12)11-5-3-2-4-6-11;1-10(19)9-20-15-8-12(17-18-15)14-6-5-13(21-14)11-4-2-3-7-16-11;1-7(18)6-19-11-14-9(15-16-11)8-4-12-10(13-5-8)17(2)3;1-3-9-8(5-12-13-9)10-4-11(15-14-10)17-6-7(2)16;1-5(16)4-17-9-13-7(14-15-9)6-2-11-8(10)12-3-6/h2-9H,10H2,1H3,(H,18,19,20);3-4,6H,5,7H2,1-2H3;2-6,8,20H,1,7,9H2,(H,16,19);2-7H,8-9H2,1H3;4-5H,6H2,1-3H3,(H,14,15,16);5,16H,2-4,6H2,1H3,(H,12,13);2-3H,4H2,1H3,(H2,10,11,12)(H,13,14,15). The SMILES string of the molecule is C=C(O)CSC1=NN=C(c2cn[nH]c2-c2ccccc2)C1.C=C(O)CSC1=NN=C(c2cn[nH]c2CC)C1.CC(=O)CSC1=NN=C(c2ccc(-c3cc(C(F)(F)F)nn3C)s2)C1.CC(=O)CSC1=NN=C(c2ccc(-c3ccccn3)s2)C1.CC(=O)CSc1n[nH]c(-c2ccc(Oc3ccccc3)nc2)n1.CC(=O)CSc1n[nH]c(-c2cnc(N(C)C)nc2)n1.CC(=O)CSc1n[nH]c(-c2cnc(N)nc2)n1. The van der Waals surface area contributed by atoms with Gasteiger partial charge in [0.1, 0.15) is 54.8 Å². The zero-order valence-corrected chi connectivity index (χ0v) is 85.3. The van der Waals surface area contributed by atoms with Crippen LogP contribution in [0.1, 0.15) is 99.5 Å². The Bertz CT molecular complexity index is 6990. The molecule has 16 heterocycles. The number of thioether (sulfide) groups is 7. The Kier molecular flexibility index (Phi) is 40.3. The lowest BCUT2D eigenvalue weighted by molar-refractivity contribution is -0.141. The highest BCUT2D eigenvalue weighted by atomic mass is 32.2. The van der Waals surface area contributed by atoms with Gasteiger partial charge in [-0.15, -0.1) is 105 Å². The van der Waals surface area contributed by atoms with E-state index in [0.717, 1.165) is 121 Å². The summed E-state index contributed by atoms with van der Waals surface area (Å²) in [4.78, 5) is 97.8. The summed E-state index contributed by atoms with van der Waals surface area (Å²) < 4.78 is 45.2. The highest BCUT2D eigenvalue weighted by Gasteiger charge is 2.35. The topological polar surface area (TPSA) is 540 Å². The number of aromatic amines is 5. The molecular formula is C92H92F3N31O8S9. The molecule has 0 atom stereocenters. The maximum absolute atomic E-state index is 12.8. The summed E-state index contributed by atoms with van der Waals surface area (Å²) in [6.45, 7) is 16.7. The smallest absolute Gasteiger partial charge is 0.435 e. The lowest BCUT2D eigenvalue weighted by atomic mass is 10.0. The Morgan fingerprint density at radius 2 is 0.895 bits per heavy atom. The first kappa shape index (κ1) is 108. The number of ether oxygens (including phenoxy) is 1. The Morgan fingerprint density at radius 3 is 1.36 bits per heavy atom. The number of thiophene rings is 2. The lowest BCUT2D eigenvalue weighted by Crippen LogP contribution is -2.12. The zero-order valence-electron chi connectivity index (χ0n) is 78.0. The fourth-order valence-electron chi connectivity index (χ4n) is 11.8. The van der Waals surface area contributed by atoms with E-state index in [-0.39, 0.29) is 46.4 Å². The predicted molar refractivity (Wildman–Crippen MR) is 564 cm³/mol. The van der Waals surface area contributed by atoms with Gasteiger partial charge in [-0.05, 0) is 102 Å². The third-order valence-electron chi connectivity index (χ3n) is 18.5. The number of benzene rings is 2. The molecule has 9 N–H and O–H groups in total. The maximum Gasteiger partial charge on any atom is 0.435 e. The predicted octanol–water partition coefficient (Wildman–Crippen LogP) is 18.2. The molecule has 738 valence electrons. The Hall–Kier alpha value is -14.2. The largest absolute Gasteiger partial charge is 0.512 e. The number of ketones is 5. The minimum absolute atomic E-state index is 0.0660. The molecule has 0 radical (unpaired) electrons. The molecule has 4 aliphatic heterocycles. The number of nitrogens with two attached hydrogens (primary N) is 1. The molecule has 18 rings (SSSR count). The molecule has 0 bridgehead atoms. The van der Waals surface area contributed by atoms with Crippen LogP contribution < -0.4 is 15.4 Å². The maximum atomic E-state index is 12.8. The first-order valence-electron chi connectivity index (χ1n) is 42.8. The van der Waals surface area contributed by atoms with Crippen LogP contribution >= 0.6 is 105 Å². The van der Waals surface area contributed by atoms with Gasteiger partial charge < -0.3 is 25.6 Å². The van der Waals surface area contributed by atoms with Crippen molar-refractivity contribution in [2.24, 2.45) is 47.9 Å². The number of aliphatic hydroxyl groups is 2. The third-order valence-corrected chi connectivity index (χ3v) is 28.0. The minimum atomic E-state index is -4.47. The Balaban J connectivity index is 0.000000149. The number of H-pyrrole nitrogens is 5. The number of pyridine rings is 2. The van der Waals surface area contributed by atoms with Gasteiger partial charge in [-0.25, -0.2) is 39.9 Å². The van der Waals surface area contributed by atoms with Crippen molar-refractivity contribution >= 4 is 189 Å². The summed E-state index contributed by atoms with van der Waals surface area (Å²) in [7, 11) is 5.23. The van der Waals surface area contributed by atoms with E-state index in [0.29, 0.717) is 127 Å². The van der Waals surface area contributed by atoms with Gasteiger partial charge in [-0.1, -0.05) is 110 Å². The fraction of sp³-hybridized carbons (Fsp3) is 0.239. The van der Waals surface area contributed by atoms with Crippen molar-refractivity contribution < 1.29 is 52.1 Å². The highest BCUT2D eigenvalue weighted by molar-refractivity contribution is 8.15. The van der Waals surface area contributed by atoms with Gasteiger partial charge in [-0.3, -0.25) is 59.1 Å². The number of rotatable bonds is 31. The number of hydrogen-bond acceptors (Lipinski definition) is 42. The number of carbonyl (C=O) groups is 5. The van der Waals surface area contributed by atoms with Gasteiger partial charge >= 0.3 is 6.18 Å². The molecule has 0 unspecified atom stereocenters. The van der Waals surface area contributed by atoms with E-state index in [1.807, 2.05) is 110 Å². The number of nitrogen functional groups attached to an aromatic ring is 1. The van der Waals surface area contributed by atoms with Crippen molar-refractivity contribution in [3.63, 3.8) is 0 Å². The average molecular weight is 2110 g/mol. The van der Waals surface area contributed by atoms with Crippen molar-refractivity contribution in [2.45, 2.75) is 95.3 Å². The van der Waals surface area contributed by atoms with Crippen LogP contribution in [0.2, 0.25) is 0 Å². The monoisotopic (exact) mass is 2100 g/mol. The van der Waals surface area contributed by atoms with Crippen LogP contribution in [0.5, 0.6) is 11.6 Å². The number of alkyl halides is 3. The van der Waals surface area contributed by atoms with Gasteiger partial charge in [0.2, 0.25) is 33.2 Å². The molecule has 12 aromatic heterocycles. The van der Waals surface area contributed by atoms with Gasteiger partial charge in [-0.2, -0.15) is 48.9 Å². The first-order chi connectivity index (χ1) is 68.8. The lowest BCUT2D eigenvalue weighted by Gasteiger charge is -2.08. The number of nitrogens with zero attached hydrogens (tertiary/aromatic N) is 25. The molecule has 0 amide bonds. The molecule has 0 aliphatic carbocycles. The molecule has 0 fully saturated rings. The number of aliphatic hydroxyl groups excluding tert-OH is 2. The van der Waals surface area contributed by atoms with Crippen LogP contribution in [0.3, 0.4) is 0 Å². The molecule has 39 nitrogen and oxygen atoms in total. The molecule has 0 saturated carbocycles. The van der Waals surface area contributed by atoms with Crippen LogP contribution in [0.15, 0.2) is 252 Å².